The Morgan fingerprint density at radius 1 is 1.25 bits per heavy atom. The predicted molar refractivity (Wildman–Crippen MR) is 91.0 cm³/mol. The number of carbonyl (C=O) groups is 1. The smallest absolute Gasteiger partial charge is 0.307 e. The van der Waals surface area contributed by atoms with Gasteiger partial charge < -0.3 is 4.42 Å². The molecule has 3 aromatic rings. The highest BCUT2D eigenvalue weighted by atomic mass is 16.3. The van der Waals surface area contributed by atoms with Gasteiger partial charge in [-0.25, -0.2) is 5.43 Å². The van der Waals surface area contributed by atoms with Crippen LogP contribution in [0.25, 0.3) is 0 Å². The number of hydrazone groups is 1. The van der Waals surface area contributed by atoms with Gasteiger partial charge in [-0.05, 0) is 31.5 Å². The number of nitrogens with zero attached hydrogens (tertiary/aromatic N) is 3. The van der Waals surface area contributed by atoms with Crippen LogP contribution >= 0.6 is 0 Å². The van der Waals surface area contributed by atoms with Crippen LogP contribution in [0.15, 0.2) is 58.2 Å². The van der Waals surface area contributed by atoms with Gasteiger partial charge in [-0.3, -0.25) is 9.48 Å². The standard InChI is InChI=1S/C18H18N4O2/c1-13-16(11-19-20-18(23)17-9-6-10-24-17)14(2)22(21-13)12-15-7-4-3-5-8-15/h3-11H,12H2,1-2H3,(H,20,23)/b19-11+. The second-order valence-corrected chi connectivity index (χ2v) is 5.40. The SMILES string of the molecule is Cc1nn(Cc2ccccc2)c(C)c1/C=N/NC(=O)c1ccco1. The number of nitrogens with one attached hydrogen (secondary N) is 1. The maximum Gasteiger partial charge on any atom is 0.307 e. The quantitative estimate of drug-likeness (QED) is 0.580. The highest BCUT2D eigenvalue weighted by Gasteiger charge is 2.11. The first kappa shape index (κ1) is 15.7. The molecule has 6 heteroatoms. The number of aryl methyl sites for hydroxylation is 1. The van der Waals surface area contributed by atoms with E-state index in [1.165, 1.54) is 11.8 Å². The summed E-state index contributed by atoms with van der Waals surface area (Å²) < 4.78 is 6.94. The molecular formula is C18H18N4O2. The van der Waals surface area contributed by atoms with E-state index in [1.807, 2.05) is 36.7 Å². The molecule has 0 aliphatic heterocycles. The lowest BCUT2D eigenvalue weighted by Gasteiger charge is -2.04. The molecule has 0 spiro atoms. The molecule has 6 nitrogen and oxygen atoms in total. The van der Waals surface area contributed by atoms with Crippen LogP contribution in [0.3, 0.4) is 0 Å². The molecule has 0 saturated carbocycles. The van der Waals surface area contributed by atoms with Gasteiger partial charge in [0.1, 0.15) is 0 Å². The number of hydrogen-bond acceptors (Lipinski definition) is 4. The minimum Gasteiger partial charge on any atom is -0.459 e. The molecule has 0 atom stereocenters. The molecule has 1 aromatic carbocycles. The third-order valence-electron chi connectivity index (χ3n) is 3.72. The van der Waals surface area contributed by atoms with Crippen molar-refractivity contribution in [2.75, 3.05) is 0 Å². The third-order valence-corrected chi connectivity index (χ3v) is 3.72. The minimum atomic E-state index is -0.386. The zero-order valence-corrected chi connectivity index (χ0v) is 13.6. The zero-order valence-electron chi connectivity index (χ0n) is 13.6. The van der Waals surface area contributed by atoms with E-state index in [0.29, 0.717) is 6.54 Å². The van der Waals surface area contributed by atoms with E-state index in [2.05, 4.69) is 27.8 Å². The van der Waals surface area contributed by atoms with Crippen LogP contribution in [0, 0.1) is 13.8 Å². The molecule has 0 aliphatic rings. The second-order valence-electron chi connectivity index (χ2n) is 5.40. The molecule has 0 bridgehead atoms. The van der Waals surface area contributed by atoms with E-state index in [-0.39, 0.29) is 11.7 Å². The second kappa shape index (κ2) is 6.95. The summed E-state index contributed by atoms with van der Waals surface area (Å²) in [4.78, 5) is 11.8. The van der Waals surface area contributed by atoms with Crippen LogP contribution in [0.5, 0.6) is 0 Å². The Balaban J connectivity index is 1.72. The summed E-state index contributed by atoms with van der Waals surface area (Å²) in [6, 6.07) is 13.4. The summed E-state index contributed by atoms with van der Waals surface area (Å²) in [5.41, 5.74) is 6.37. The fourth-order valence-electron chi connectivity index (χ4n) is 2.43. The summed E-state index contributed by atoms with van der Waals surface area (Å²) >= 11 is 0. The molecule has 122 valence electrons. The monoisotopic (exact) mass is 322 g/mol. The number of hydrogen-bond donors (Lipinski definition) is 1. The lowest BCUT2D eigenvalue weighted by molar-refractivity contribution is 0.0927. The van der Waals surface area contributed by atoms with Gasteiger partial charge in [0.25, 0.3) is 0 Å². The van der Waals surface area contributed by atoms with Crippen LogP contribution in [0.2, 0.25) is 0 Å². The van der Waals surface area contributed by atoms with Crippen LogP contribution < -0.4 is 5.43 Å². The Labute approximate surface area is 139 Å². The highest BCUT2D eigenvalue weighted by Crippen LogP contribution is 2.13. The molecule has 1 N–H and O–H groups in total. The molecule has 0 radical (unpaired) electrons. The maximum absolute atomic E-state index is 11.8. The molecule has 24 heavy (non-hydrogen) atoms. The summed E-state index contributed by atoms with van der Waals surface area (Å²) in [6.07, 6.45) is 3.06. The summed E-state index contributed by atoms with van der Waals surface area (Å²) in [5, 5.41) is 8.55. The third kappa shape index (κ3) is 3.43. The van der Waals surface area contributed by atoms with E-state index in [4.69, 9.17) is 4.42 Å². The molecule has 0 aliphatic carbocycles. The number of rotatable bonds is 5. The van der Waals surface area contributed by atoms with Crippen molar-refractivity contribution in [2.24, 2.45) is 5.10 Å². The van der Waals surface area contributed by atoms with E-state index >= 15 is 0 Å². The maximum atomic E-state index is 11.8. The van der Waals surface area contributed by atoms with Crippen LogP contribution in [0.4, 0.5) is 0 Å². The van der Waals surface area contributed by atoms with Gasteiger partial charge in [0.2, 0.25) is 0 Å². The topological polar surface area (TPSA) is 72.4 Å². The molecule has 3 rings (SSSR count). The Hall–Kier alpha value is -3.15. The van der Waals surface area contributed by atoms with Crippen molar-refractivity contribution in [3.63, 3.8) is 0 Å². The van der Waals surface area contributed by atoms with Crippen molar-refractivity contribution in [1.82, 2.24) is 15.2 Å². The van der Waals surface area contributed by atoms with E-state index < -0.39 is 0 Å². The van der Waals surface area contributed by atoms with Crippen molar-refractivity contribution >= 4 is 12.1 Å². The Kier molecular flexibility index (Phi) is 4.56. The lowest BCUT2D eigenvalue weighted by Crippen LogP contribution is -2.16. The van der Waals surface area contributed by atoms with Gasteiger partial charge in [0, 0.05) is 11.3 Å². The lowest BCUT2D eigenvalue weighted by atomic mass is 10.2. The Bertz CT molecular complexity index is 849. The number of amides is 1. The van der Waals surface area contributed by atoms with E-state index in [1.54, 1.807) is 18.3 Å². The van der Waals surface area contributed by atoms with Gasteiger partial charge >= 0.3 is 5.91 Å². The fourth-order valence-corrected chi connectivity index (χ4v) is 2.43. The molecule has 1 amide bonds. The van der Waals surface area contributed by atoms with Gasteiger partial charge in [0.15, 0.2) is 5.76 Å². The Morgan fingerprint density at radius 3 is 2.75 bits per heavy atom. The first-order chi connectivity index (χ1) is 11.6. The van der Waals surface area contributed by atoms with Crippen LogP contribution in [0.1, 0.15) is 33.1 Å². The first-order valence-corrected chi connectivity index (χ1v) is 7.60. The van der Waals surface area contributed by atoms with Crippen LogP contribution in [-0.4, -0.2) is 21.9 Å². The van der Waals surface area contributed by atoms with Crippen molar-refractivity contribution in [3.05, 3.63) is 77.0 Å². The predicted octanol–water partition coefficient (Wildman–Crippen LogP) is 2.91. The van der Waals surface area contributed by atoms with Crippen molar-refractivity contribution < 1.29 is 9.21 Å². The summed E-state index contributed by atoms with van der Waals surface area (Å²) in [7, 11) is 0. The molecule has 0 fully saturated rings. The average molecular weight is 322 g/mol. The normalized spacial score (nSPS) is 11.1. The van der Waals surface area contributed by atoms with Crippen LogP contribution in [-0.2, 0) is 6.54 Å². The van der Waals surface area contributed by atoms with Crippen molar-refractivity contribution in [3.8, 4) is 0 Å². The minimum absolute atomic E-state index is 0.223. The first-order valence-electron chi connectivity index (χ1n) is 7.60. The fraction of sp³-hybridized carbons (Fsp3) is 0.167. The number of benzene rings is 1. The highest BCUT2D eigenvalue weighted by molar-refractivity contribution is 5.92. The average Bonchev–Trinajstić information content (AvgIpc) is 3.20. The zero-order chi connectivity index (χ0) is 16.9. The van der Waals surface area contributed by atoms with Gasteiger partial charge in [-0.1, -0.05) is 30.3 Å². The molecule has 2 heterocycles. The van der Waals surface area contributed by atoms with Gasteiger partial charge in [0.05, 0.1) is 24.7 Å². The van der Waals surface area contributed by atoms with Gasteiger partial charge in [-0.2, -0.15) is 10.2 Å². The van der Waals surface area contributed by atoms with E-state index in [9.17, 15) is 4.79 Å². The van der Waals surface area contributed by atoms with E-state index in [0.717, 1.165) is 17.0 Å². The Morgan fingerprint density at radius 2 is 2.04 bits per heavy atom. The largest absolute Gasteiger partial charge is 0.459 e. The number of carbonyl (C=O) groups excluding carboxylic acids is 1. The molecule has 0 saturated heterocycles. The number of furan rings is 1. The molecule has 2 aromatic heterocycles. The van der Waals surface area contributed by atoms with Gasteiger partial charge in [-0.15, -0.1) is 0 Å². The van der Waals surface area contributed by atoms with Crippen molar-refractivity contribution in [2.45, 2.75) is 20.4 Å². The summed E-state index contributed by atoms with van der Waals surface area (Å²) in [5.74, 6) is -0.163. The summed E-state index contributed by atoms with van der Waals surface area (Å²) in [6.45, 7) is 4.60. The number of aromatic nitrogens is 2. The van der Waals surface area contributed by atoms with Crippen molar-refractivity contribution in [1.29, 1.82) is 0 Å². The molecule has 0 unspecified atom stereocenters. The molecular weight excluding hydrogens is 304 g/mol.